The summed E-state index contributed by atoms with van der Waals surface area (Å²) in [6.45, 7) is 0.801. The summed E-state index contributed by atoms with van der Waals surface area (Å²) < 4.78 is 5.89. The minimum absolute atomic E-state index is 0.700. The monoisotopic (exact) mass is 309 g/mol. The molecule has 1 saturated carbocycles. The van der Waals surface area contributed by atoms with Gasteiger partial charge in [0.2, 0.25) is 0 Å². The summed E-state index contributed by atoms with van der Waals surface area (Å²) in [5.74, 6) is 1.57. The number of hydrogen-bond acceptors (Lipinski definition) is 4. The maximum absolute atomic E-state index is 6.21. The standard InChI is InChI=1S/C14H16ClN3OS/c15-12-6-5-11(19-9-10-3-1-2-4-10)7-13(12)20-14-8-16-18-17-14/h5-8,10H,1-4,9H2,(H,16,17,18). The van der Waals surface area contributed by atoms with Crippen molar-refractivity contribution < 1.29 is 4.74 Å². The van der Waals surface area contributed by atoms with Crippen molar-refractivity contribution in [2.24, 2.45) is 5.92 Å². The van der Waals surface area contributed by atoms with Crippen LogP contribution in [0, 0.1) is 5.92 Å². The molecule has 0 saturated heterocycles. The van der Waals surface area contributed by atoms with E-state index in [0.29, 0.717) is 10.9 Å². The Kier molecular flexibility index (Phi) is 4.47. The van der Waals surface area contributed by atoms with Crippen LogP contribution in [-0.2, 0) is 0 Å². The van der Waals surface area contributed by atoms with Gasteiger partial charge in [0, 0.05) is 4.90 Å². The van der Waals surface area contributed by atoms with Crippen molar-refractivity contribution in [1.29, 1.82) is 0 Å². The zero-order valence-electron chi connectivity index (χ0n) is 11.0. The molecule has 1 aromatic heterocycles. The van der Waals surface area contributed by atoms with Gasteiger partial charge in [-0.15, -0.1) is 5.10 Å². The molecule has 1 aliphatic rings. The molecule has 1 N–H and O–H groups in total. The van der Waals surface area contributed by atoms with Gasteiger partial charge >= 0.3 is 0 Å². The molecule has 1 aromatic carbocycles. The van der Waals surface area contributed by atoms with Crippen LogP contribution in [-0.4, -0.2) is 22.0 Å². The molecule has 0 aliphatic heterocycles. The molecule has 106 valence electrons. The molecule has 0 radical (unpaired) electrons. The summed E-state index contributed by atoms with van der Waals surface area (Å²) in [7, 11) is 0. The van der Waals surface area contributed by atoms with Crippen LogP contribution in [0.2, 0.25) is 5.02 Å². The topological polar surface area (TPSA) is 50.8 Å². The minimum atomic E-state index is 0.700. The predicted octanol–water partition coefficient (Wildman–Crippen LogP) is 4.18. The molecule has 0 unspecified atom stereocenters. The quantitative estimate of drug-likeness (QED) is 0.900. The second kappa shape index (κ2) is 6.50. The van der Waals surface area contributed by atoms with Gasteiger partial charge in [0.15, 0.2) is 0 Å². The van der Waals surface area contributed by atoms with Gasteiger partial charge in [-0.2, -0.15) is 10.3 Å². The first-order valence-electron chi connectivity index (χ1n) is 6.77. The highest BCUT2D eigenvalue weighted by Gasteiger charge is 2.16. The Morgan fingerprint density at radius 2 is 2.20 bits per heavy atom. The number of benzene rings is 1. The van der Waals surface area contributed by atoms with Crippen LogP contribution >= 0.6 is 23.4 Å². The van der Waals surface area contributed by atoms with Crippen molar-refractivity contribution >= 4 is 23.4 Å². The normalized spacial score (nSPS) is 15.7. The van der Waals surface area contributed by atoms with Crippen LogP contribution < -0.4 is 4.74 Å². The second-order valence-electron chi connectivity index (χ2n) is 4.96. The molecule has 0 amide bonds. The zero-order chi connectivity index (χ0) is 13.8. The van der Waals surface area contributed by atoms with E-state index in [0.717, 1.165) is 22.3 Å². The van der Waals surface area contributed by atoms with E-state index in [1.54, 1.807) is 6.20 Å². The van der Waals surface area contributed by atoms with Crippen molar-refractivity contribution in [2.45, 2.75) is 35.6 Å². The molecule has 0 spiro atoms. The number of halogens is 1. The van der Waals surface area contributed by atoms with Crippen molar-refractivity contribution in [3.8, 4) is 5.75 Å². The van der Waals surface area contributed by atoms with E-state index in [4.69, 9.17) is 16.3 Å². The van der Waals surface area contributed by atoms with Gasteiger partial charge < -0.3 is 4.74 Å². The molecule has 4 nitrogen and oxygen atoms in total. The Hall–Kier alpha value is -1.20. The largest absolute Gasteiger partial charge is 0.493 e. The van der Waals surface area contributed by atoms with Gasteiger partial charge in [-0.05, 0) is 37.0 Å². The zero-order valence-corrected chi connectivity index (χ0v) is 12.6. The van der Waals surface area contributed by atoms with Crippen molar-refractivity contribution in [2.75, 3.05) is 6.61 Å². The van der Waals surface area contributed by atoms with Crippen LogP contribution in [0.1, 0.15) is 25.7 Å². The second-order valence-corrected chi connectivity index (χ2v) is 6.43. The fraction of sp³-hybridized carbons (Fsp3) is 0.429. The molecular formula is C14H16ClN3OS. The highest BCUT2D eigenvalue weighted by Crippen LogP contribution is 2.35. The Labute approximate surface area is 127 Å². The molecule has 1 heterocycles. The van der Waals surface area contributed by atoms with Crippen molar-refractivity contribution in [1.82, 2.24) is 15.4 Å². The van der Waals surface area contributed by atoms with Gasteiger partial charge in [0.05, 0.1) is 17.8 Å². The number of nitrogens with one attached hydrogen (secondary N) is 1. The molecular weight excluding hydrogens is 294 g/mol. The smallest absolute Gasteiger partial charge is 0.143 e. The fourth-order valence-electron chi connectivity index (χ4n) is 2.40. The number of aromatic nitrogens is 3. The molecule has 2 aromatic rings. The number of nitrogens with zero attached hydrogens (tertiary/aromatic N) is 2. The number of aromatic amines is 1. The molecule has 1 aliphatic carbocycles. The van der Waals surface area contributed by atoms with Crippen LogP contribution in [0.15, 0.2) is 34.3 Å². The lowest BCUT2D eigenvalue weighted by Crippen LogP contribution is -2.07. The van der Waals surface area contributed by atoms with E-state index in [1.165, 1.54) is 37.4 Å². The number of ether oxygens (including phenoxy) is 1. The highest BCUT2D eigenvalue weighted by atomic mass is 35.5. The van der Waals surface area contributed by atoms with Gasteiger partial charge in [-0.1, -0.05) is 36.2 Å². The molecule has 0 bridgehead atoms. The van der Waals surface area contributed by atoms with Gasteiger partial charge in [-0.3, -0.25) is 0 Å². The average Bonchev–Trinajstić information content (AvgIpc) is 3.12. The van der Waals surface area contributed by atoms with Gasteiger partial charge in [-0.25, -0.2) is 0 Å². The molecule has 6 heteroatoms. The van der Waals surface area contributed by atoms with E-state index >= 15 is 0 Å². The Bertz CT molecular complexity index is 556. The van der Waals surface area contributed by atoms with Gasteiger partial charge in [0.1, 0.15) is 10.8 Å². The van der Waals surface area contributed by atoms with Crippen LogP contribution in [0.4, 0.5) is 0 Å². The van der Waals surface area contributed by atoms with E-state index in [2.05, 4.69) is 15.4 Å². The SMILES string of the molecule is Clc1ccc(OCC2CCCC2)cc1Sc1cn[nH]n1. The number of rotatable bonds is 5. The average molecular weight is 310 g/mol. The number of hydrogen-bond donors (Lipinski definition) is 1. The first-order valence-corrected chi connectivity index (χ1v) is 7.96. The van der Waals surface area contributed by atoms with E-state index in [-0.39, 0.29) is 0 Å². The summed E-state index contributed by atoms with van der Waals surface area (Å²) in [5, 5.41) is 11.9. The summed E-state index contributed by atoms with van der Waals surface area (Å²) in [5.41, 5.74) is 0. The van der Waals surface area contributed by atoms with Crippen molar-refractivity contribution in [3.63, 3.8) is 0 Å². The maximum atomic E-state index is 6.21. The summed E-state index contributed by atoms with van der Waals surface area (Å²) in [6, 6.07) is 5.76. The fourth-order valence-corrected chi connectivity index (χ4v) is 3.39. The van der Waals surface area contributed by atoms with Crippen LogP contribution in [0.5, 0.6) is 5.75 Å². The predicted molar refractivity (Wildman–Crippen MR) is 79.4 cm³/mol. The maximum Gasteiger partial charge on any atom is 0.143 e. The molecule has 0 atom stereocenters. The summed E-state index contributed by atoms with van der Waals surface area (Å²) in [6.07, 6.45) is 6.92. The third-order valence-corrected chi connectivity index (χ3v) is 4.88. The lowest BCUT2D eigenvalue weighted by Gasteiger charge is -2.12. The number of H-pyrrole nitrogens is 1. The highest BCUT2D eigenvalue weighted by molar-refractivity contribution is 7.99. The Balaban J connectivity index is 1.66. The first kappa shape index (κ1) is 13.8. The molecule has 3 rings (SSSR count). The Morgan fingerprint density at radius 3 is 2.95 bits per heavy atom. The third kappa shape index (κ3) is 3.46. The van der Waals surface area contributed by atoms with Crippen LogP contribution in [0.25, 0.3) is 0 Å². The van der Waals surface area contributed by atoms with Gasteiger partial charge in [0.25, 0.3) is 0 Å². The van der Waals surface area contributed by atoms with E-state index in [1.807, 2.05) is 18.2 Å². The summed E-state index contributed by atoms with van der Waals surface area (Å²) in [4.78, 5) is 0.935. The molecule has 1 fully saturated rings. The lowest BCUT2D eigenvalue weighted by atomic mass is 10.1. The third-order valence-electron chi connectivity index (χ3n) is 3.47. The van der Waals surface area contributed by atoms with E-state index < -0.39 is 0 Å². The lowest BCUT2D eigenvalue weighted by molar-refractivity contribution is 0.251. The minimum Gasteiger partial charge on any atom is -0.493 e. The van der Waals surface area contributed by atoms with Crippen molar-refractivity contribution in [3.05, 3.63) is 29.4 Å². The molecule has 20 heavy (non-hydrogen) atoms. The summed E-state index contributed by atoms with van der Waals surface area (Å²) >= 11 is 7.68. The van der Waals surface area contributed by atoms with E-state index in [9.17, 15) is 0 Å². The first-order chi connectivity index (χ1) is 9.81. The Morgan fingerprint density at radius 1 is 1.35 bits per heavy atom. The van der Waals surface area contributed by atoms with Crippen LogP contribution in [0.3, 0.4) is 0 Å².